The molecule has 2 N–H and O–H groups in total. The summed E-state index contributed by atoms with van der Waals surface area (Å²) in [5, 5.41) is 21.4. The average molecular weight is 845 g/mol. The van der Waals surface area contributed by atoms with Gasteiger partial charge in [0.2, 0.25) is 5.75 Å². The van der Waals surface area contributed by atoms with Crippen LogP contribution < -0.4 is 28.4 Å². The van der Waals surface area contributed by atoms with E-state index in [0.29, 0.717) is 97.6 Å². The normalized spacial score (nSPS) is 22.7. The van der Waals surface area contributed by atoms with Crippen molar-refractivity contribution in [2.45, 2.75) is 76.5 Å². The minimum absolute atomic E-state index is 0.154. The highest BCUT2D eigenvalue weighted by Gasteiger charge is 2.51. The van der Waals surface area contributed by atoms with Crippen LogP contribution in [0.2, 0.25) is 0 Å². The van der Waals surface area contributed by atoms with Gasteiger partial charge in [0.25, 0.3) is 0 Å². The molecule has 13 heteroatoms. The fourth-order valence-electron chi connectivity index (χ4n) is 10.2. The number of quaternary nitrogens is 2. The topological polar surface area (TPSA) is 130 Å². The lowest BCUT2D eigenvalue weighted by molar-refractivity contribution is -0.956. The van der Waals surface area contributed by atoms with Gasteiger partial charge in [-0.2, -0.15) is 0 Å². The summed E-state index contributed by atoms with van der Waals surface area (Å²) in [6.45, 7) is 5.16. The molecule has 0 aliphatic carbocycles. The number of alkyl halides is 1. The first-order valence-electron chi connectivity index (χ1n) is 20.7. The third-order valence-corrected chi connectivity index (χ3v) is 13.5. The zero-order valence-electron chi connectivity index (χ0n) is 35.6. The van der Waals surface area contributed by atoms with Crippen molar-refractivity contribution in [2.24, 2.45) is 0 Å². The predicted octanol–water partition coefficient (Wildman–Crippen LogP) is 8.53. The molecule has 0 saturated carbocycles. The number of benzene rings is 4. The molecule has 0 saturated heterocycles. The molecule has 4 aromatic rings. The van der Waals surface area contributed by atoms with E-state index < -0.39 is 30.1 Å². The zero-order valence-corrected chi connectivity index (χ0v) is 36.3. The first-order valence-corrected chi connectivity index (χ1v) is 21.3. The van der Waals surface area contributed by atoms with Crippen LogP contribution in [0.4, 0.5) is 0 Å². The van der Waals surface area contributed by atoms with Gasteiger partial charge in [-0.25, -0.2) is 9.59 Å². The summed E-state index contributed by atoms with van der Waals surface area (Å²) in [5.41, 5.74) is 5.71. The molecule has 6 bridgehead atoms. The highest BCUT2D eigenvalue weighted by molar-refractivity contribution is 6.18. The summed E-state index contributed by atoms with van der Waals surface area (Å²) in [7, 11) is 8.87. The molecule has 0 spiro atoms. The summed E-state index contributed by atoms with van der Waals surface area (Å²) in [4.78, 5) is 26.2. The highest BCUT2D eigenvalue weighted by Crippen LogP contribution is 2.55. The van der Waals surface area contributed by atoms with E-state index in [4.69, 9.17) is 40.0 Å². The summed E-state index contributed by atoms with van der Waals surface area (Å²) in [5.74, 6) is 2.30. The van der Waals surface area contributed by atoms with Crippen molar-refractivity contribution >= 4 is 23.5 Å². The maximum atomic E-state index is 13.2. The van der Waals surface area contributed by atoms with Crippen molar-refractivity contribution in [3.05, 3.63) is 94.0 Å². The van der Waals surface area contributed by atoms with Gasteiger partial charge < -0.3 is 47.6 Å². The van der Waals surface area contributed by atoms with Crippen LogP contribution in [0.1, 0.15) is 72.2 Å². The van der Waals surface area contributed by atoms with Crippen LogP contribution >= 0.6 is 11.6 Å². The van der Waals surface area contributed by atoms with Gasteiger partial charge in [-0.05, 0) is 64.7 Å². The van der Waals surface area contributed by atoms with Crippen LogP contribution in [-0.2, 0) is 35.3 Å². The van der Waals surface area contributed by atoms with Crippen LogP contribution in [-0.4, -0.2) is 104 Å². The number of ether oxygens (including phenoxy) is 6. The van der Waals surface area contributed by atoms with Crippen LogP contribution in [0.3, 0.4) is 0 Å². The van der Waals surface area contributed by atoms with E-state index in [0.717, 1.165) is 33.4 Å². The fourth-order valence-corrected chi connectivity index (χ4v) is 10.3. The van der Waals surface area contributed by atoms with Crippen molar-refractivity contribution in [2.75, 3.05) is 61.0 Å². The third-order valence-electron chi connectivity index (χ3n) is 13.4. The Kier molecular flexibility index (Phi) is 12.5. The van der Waals surface area contributed by atoms with E-state index in [1.165, 1.54) is 0 Å². The van der Waals surface area contributed by atoms with E-state index in [-0.39, 0.29) is 27.5 Å². The number of carboxylic acids is 2. The largest absolute Gasteiger partial charge is 0.493 e. The average Bonchev–Trinajstić information content (AvgIpc) is 3.23. The number of hydrogen-bond acceptors (Lipinski definition) is 8. The maximum Gasteiger partial charge on any atom is 0.362 e. The van der Waals surface area contributed by atoms with Crippen molar-refractivity contribution in [1.29, 1.82) is 0 Å². The molecule has 0 amide bonds. The minimum Gasteiger partial charge on any atom is -0.493 e. The van der Waals surface area contributed by atoms with Gasteiger partial charge in [0.15, 0.2) is 46.6 Å². The number of rotatable bonds is 12. The summed E-state index contributed by atoms with van der Waals surface area (Å²) < 4.78 is 38.6. The summed E-state index contributed by atoms with van der Waals surface area (Å²) >= 11 is 6.26. The Labute approximate surface area is 357 Å². The predicted molar refractivity (Wildman–Crippen MR) is 228 cm³/mol. The Morgan fingerprint density at radius 2 is 1.30 bits per heavy atom. The van der Waals surface area contributed by atoms with Gasteiger partial charge in [-0.1, -0.05) is 32.0 Å². The zero-order chi connectivity index (χ0) is 42.9. The number of likely N-dealkylation sites (N-methyl/N-ethyl adjacent to an activating group) is 2. The number of hydrogen-bond donors (Lipinski definition) is 2. The van der Waals surface area contributed by atoms with Crippen molar-refractivity contribution in [3.8, 4) is 46.0 Å². The second-order valence-electron chi connectivity index (χ2n) is 16.5. The number of methoxy groups -OCH3 is 3. The minimum atomic E-state index is -0.880. The van der Waals surface area contributed by atoms with Gasteiger partial charge in [0.1, 0.15) is 24.4 Å². The van der Waals surface area contributed by atoms with Gasteiger partial charge in [-0.3, -0.25) is 0 Å². The number of halogens is 1. The van der Waals surface area contributed by atoms with Crippen LogP contribution in [0.5, 0.6) is 46.0 Å². The lowest BCUT2D eigenvalue weighted by atomic mass is 9.83. The SMILES string of the molecule is CCC(C(=O)O)[N+]1(C)CCc2cc(OC)c3cc2C1Cc1ccc(cc1)Oc1cc(ccc1OC)CC1c2c(cc(OC)c(OCCCl)c2O3)CC[N+]1(C)C(CC)C(=O)O. The van der Waals surface area contributed by atoms with E-state index in [1.807, 2.05) is 81.6 Å². The number of nitrogens with zero attached hydrogens (tertiary/aromatic N) is 2. The molecule has 4 aromatic carbocycles. The van der Waals surface area contributed by atoms with E-state index in [1.54, 1.807) is 21.3 Å². The van der Waals surface area contributed by atoms with Gasteiger partial charge in [0, 0.05) is 44.1 Å². The molecule has 6 atom stereocenters. The molecule has 4 aliphatic heterocycles. The fraction of sp³-hybridized carbons (Fsp3) is 0.447. The quantitative estimate of drug-likeness (QED) is 0.106. The lowest BCUT2D eigenvalue weighted by Crippen LogP contribution is -2.60. The van der Waals surface area contributed by atoms with Crippen LogP contribution in [0.25, 0.3) is 0 Å². The Morgan fingerprint density at radius 1 is 0.733 bits per heavy atom. The second-order valence-corrected chi connectivity index (χ2v) is 16.9. The van der Waals surface area contributed by atoms with E-state index in [2.05, 4.69) is 7.05 Å². The number of aliphatic carboxylic acids is 2. The van der Waals surface area contributed by atoms with Gasteiger partial charge >= 0.3 is 11.9 Å². The van der Waals surface area contributed by atoms with Crippen molar-refractivity contribution in [3.63, 3.8) is 0 Å². The molecular weight excluding hydrogens is 788 g/mol. The Bertz CT molecular complexity index is 2250. The molecule has 8 rings (SSSR count). The first-order chi connectivity index (χ1) is 28.8. The third kappa shape index (κ3) is 7.69. The summed E-state index contributed by atoms with van der Waals surface area (Å²) in [6.07, 6.45) is 3.00. The number of carboxylic acid groups (broad SMARTS) is 2. The lowest BCUT2D eigenvalue weighted by Gasteiger charge is -2.49. The first kappa shape index (κ1) is 42.9. The maximum absolute atomic E-state index is 13.2. The van der Waals surface area contributed by atoms with E-state index >= 15 is 0 Å². The summed E-state index contributed by atoms with van der Waals surface area (Å²) in [6, 6.07) is 17.6. The van der Waals surface area contributed by atoms with Crippen LogP contribution in [0.15, 0.2) is 60.7 Å². The molecule has 6 unspecified atom stereocenters. The molecule has 60 heavy (non-hydrogen) atoms. The molecule has 4 aliphatic rings. The molecule has 320 valence electrons. The van der Waals surface area contributed by atoms with E-state index in [9.17, 15) is 19.8 Å². The second kappa shape index (κ2) is 17.4. The van der Waals surface area contributed by atoms with Crippen molar-refractivity contribution < 1.29 is 57.2 Å². The Balaban J connectivity index is 1.56. The van der Waals surface area contributed by atoms with Crippen LogP contribution in [0, 0.1) is 0 Å². The number of carbonyl (C=O) groups is 2. The molecule has 12 nitrogen and oxygen atoms in total. The number of fused-ring (bicyclic) bond motifs is 2. The standard InChI is InChI=1S/C47H55ClN2O10/c1-8-34(46(51)52)49(3)19-16-30-25-39(56-6)41-27-33(30)36(49)22-28-10-13-32(14-11-28)59-40-24-29(12-15-38(40)55-5)23-37-43-31(17-20-50(37,4)35(9-2)47(53)54)26-42(57-7)44(45(43)60-41)58-21-18-48/h10-15,24-27,34-37H,8-9,16-23H2,1-7H3/p+2. The Hall–Kier alpha value is -5.17. The van der Waals surface area contributed by atoms with Gasteiger partial charge in [0.05, 0.1) is 60.0 Å². The van der Waals surface area contributed by atoms with Gasteiger partial charge in [-0.15, -0.1) is 11.6 Å². The molecular formula is C47H57ClN2O10+2. The Morgan fingerprint density at radius 3 is 1.90 bits per heavy atom. The molecule has 0 fully saturated rings. The molecule has 0 radical (unpaired) electrons. The monoisotopic (exact) mass is 844 g/mol. The highest BCUT2D eigenvalue weighted by atomic mass is 35.5. The molecule has 4 heterocycles. The van der Waals surface area contributed by atoms with Crippen molar-refractivity contribution in [1.82, 2.24) is 0 Å². The molecule has 0 aromatic heterocycles. The smallest absolute Gasteiger partial charge is 0.362 e.